The maximum absolute atomic E-state index is 5.94. The third-order valence-electron chi connectivity index (χ3n) is 1.80. The molecule has 0 aliphatic carbocycles. The standard InChI is InChI=1S/C9H13IN2/c1-6(2)9(11)8-5-7(10)3-4-12-8/h3-6,9H,11H2,1-2H3/t9-/m1/s1. The van der Waals surface area contributed by atoms with Gasteiger partial charge in [-0.3, -0.25) is 4.98 Å². The second-order valence-electron chi connectivity index (χ2n) is 3.17. The molecule has 0 saturated carbocycles. The Morgan fingerprint density at radius 2 is 2.17 bits per heavy atom. The summed E-state index contributed by atoms with van der Waals surface area (Å²) in [6, 6.07) is 4.06. The quantitative estimate of drug-likeness (QED) is 0.842. The van der Waals surface area contributed by atoms with Crippen LogP contribution in [0, 0.1) is 9.49 Å². The molecule has 0 aromatic carbocycles. The summed E-state index contributed by atoms with van der Waals surface area (Å²) in [6.45, 7) is 4.21. The second kappa shape index (κ2) is 4.18. The molecule has 0 unspecified atom stereocenters. The van der Waals surface area contributed by atoms with Gasteiger partial charge in [-0.15, -0.1) is 0 Å². The molecule has 1 rings (SSSR count). The summed E-state index contributed by atoms with van der Waals surface area (Å²) in [5.74, 6) is 0.440. The summed E-state index contributed by atoms with van der Waals surface area (Å²) in [4.78, 5) is 4.23. The van der Waals surface area contributed by atoms with Gasteiger partial charge in [-0.1, -0.05) is 13.8 Å². The molecular formula is C9H13IN2. The van der Waals surface area contributed by atoms with Gasteiger partial charge in [-0.2, -0.15) is 0 Å². The first-order chi connectivity index (χ1) is 5.61. The van der Waals surface area contributed by atoms with Crippen LogP contribution >= 0.6 is 22.6 Å². The summed E-state index contributed by atoms with van der Waals surface area (Å²) < 4.78 is 1.19. The predicted molar refractivity (Wildman–Crippen MR) is 58.7 cm³/mol. The zero-order valence-corrected chi connectivity index (χ0v) is 9.45. The van der Waals surface area contributed by atoms with Crippen LogP contribution in [0.4, 0.5) is 0 Å². The molecule has 0 radical (unpaired) electrons. The first-order valence-corrected chi connectivity index (χ1v) is 5.06. The average Bonchev–Trinajstić information content (AvgIpc) is 2.03. The minimum absolute atomic E-state index is 0.0553. The van der Waals surface area contributed by atoms with Crippen molar-refractivity contribution in [2.75, 3.05) is 0 Å². The molecule has 1 aromatic rings. The molecule has 0 spiro atoms. The first-order valence-electron chi connectivity index (χ1n) is 3.98. The fraction of sp³-hybridized carbons (Fsp3) is 0.444. The van der Waals surface area contributed by atoms with Crippen molar-refractivity contribution in [3.8, 4) is 0 Å². The van der Waals surface area contributed by atoms with Gasteiger partial charge >= 0.3 is 0 Å². The van der Waals surface area contributed by atoms with E-state index in [1.165, 1.54) is 3.57 Å². The molecule has 0 saturated heterocycles. The van der Waals surface area contributed by atoms with Crippen molar-refractivity contribution in [2.24, 2.45) is 11.7 Å². The van der Waals surface area contributed by atoms with Crippen molar-refractivity contribution < 1.29 is 0 Å². The molecule has 12 heavy (non-hydrogen) atoms. The van der Waals surface area contributed by atoms with E-state index in [0.717, 1.165) is 5.69 Å². The Balaban J connectivity index is 2.88. The molecular weight excluding hydrogens is 263 g/mol. The molecule has 1 aromatic heterocycles. The van der Waals surface area contributed by atoms with Gasteiger partial charge in [0.15, 0.2) is 0 Å². The third-order valence-corrected chi connectivity index (χ3v) is 2.47. The minimum atomic E-state index is 0.0553. The Morgan fingerprint density at radius 3 is 2.67 bits per heavy atom. The van der Waals surface area contributed by atoms with Crippen molar-refractivity contribution in [1.82, 2.24) is 4.98 Å². The van der Waals surface area contributed by atoms with E-state index < -0.39 is 0 Å². The molecule has 0 fully saturated rings. The van der Waals surface area contributed by atoms with E-state index >= 15 is 0 Å². The highest BCUT2D eigenvalue weighted by Gasteiger charge is 2.11. The SMILES string of the molecule is CC(C)[C@@H](N)c1cc(I)ccn1. The first kappa shape index (κ1) is 9.92. The molecule has 0 amide bonds. The van der Waals surface area contributed by atoms with Crippen molar-refractivity contribution in [3.05, 3.63) is 27.6 Å². The Labute approximate surface area is 86.7 Å². The summed E-state index contributed by atoms with van der Waals surface area (Å²) in [6.07, 6.45) is 1.80. The van der Waals surface area contributed by atoms with Crippen molar-refractivity contribution >= 4 is 22.6 Å². The molecule has 0 bridgehead atoms. The lowest BCUT2D eigenvalue weighted by Gasteiger charge is -2.14. The molecule has 2 N–H and O–H groups in total. The zero-order chi connectivity index (χ0) is 9.14. The van der Waals surface area contributed by atoms with E-state index in [9.17, 15) is 0 Å². The van der Waals surface area contributed by atoms with E-state index in [0.29, 0.717) is 5.92 Å². The van der Waals surface area contributed by atoms with Crippen LogP contribution in [0.3, 0.4) is 0 Å². The summed E-state index contributed by atoms with van der Waals surface area (Å²) in [7, 11) is 0. The van der Waals surface area contributed by atoms with Crippen LogP contribution in [-0.4, -0.2) is 4.98 Å². The molecule has 66 valence electrons. The van der Waals surface area contributed by atoms with Gasteiger partial charge in [0.25, 0.3) is 0 Å². The molecule has 0 aliphatic rings. The van der Waals surface area contributed by atoms with Gasteiger partial charge in [0.2, 0.25) is 0 Å². The van der Waals surface area contributed by atoms with Gasteiger partial charge < -0.3 is 5.73 Å². The number of pyridine rings is 1. The number of nitrogens with zero attached hydrogens (tertiary/aromatic N) is 1. The van der Waals surface area contributed by atoms with Gasteiger partial charge in [0, 0.05) is 15.8 Å². The number of hydrogen-bond donors (Lipinski definition) is 1. The summed E-state index contributed by atoms with van der Waals surface area (Å²) in [5.41, 5.74) is 6.92. The van der Waals surface area contributed by atoms with E-state index in [-0.39, 0.29) is 6.04 Å². The Bertz CT molecular complexity index is 260. The van der Waals surface area contributed by atoms with Crippen LogP contribution in [0.15, 0.2) is 18.3 Å². The van der Waals surface area contributed by atoms with Crippen molar-refractivity contribution in [3.63, 3.8) is 0 Å². The third kappa shape index (κ3) is 2.42. The smallest absolute Gasteiger partial charge is 0.0584 e. The van der Waals surface area contributed by atoms with Gasteiger partial charge in [-0.25, -0.2) is 0 Å². The monoisotopic (exact) mass is 276 g/mol. The minimum Gasteiger partial charge on any atom is -0.322 e. The molecule has 3 heteroatoms. The fourth-order valence-corrected chi connectivity index (χ4v) is 1.42. The van der Waals surface area contributed by atoms with Gasteiger partial charge in [-0.05, 0) is 40.6 Å². The Hall–Kier alpha value is -0.160. The highest BCUT2D eigenvalue weighted by Crippen LogP contribution is 2.17. The number of hydrogen-bond acceptors (Lipinski definition) is 2. The number of rotatable bonds is 2. The normalized spacial score (nSPS) is 13.4. The lowest BCUT2D eigenvalue weighted by molar-refractivity contribution is 0.503. The maximum Gasteiger partial charge on any atom is 0.0584 e. The van der Waals surface area contributed by atoms with Crippen LogP contribution in [0.1, 0.15) is 25.6 Å². The summed E-state index contributed by atoms with van der Waals surface area (Å²) >= 11 is 2.27. The zero-order valence-electron chi connectivity index (χ0n) is 7.29. The largest absolute Gasteiger partial charge is 0.322 e. The lowest BCUT2D eigenvalue weighted by atomic mass is 10.0. The van der Waals surface area contributed by atoms with Crippen LogP contribution in [0.2, 0.25) is 0 Å². The van der Waals surface area contributed by atoms with Gasteiger partial charge in [0.05, 0.1) is 5.69 Å². The van der Waals surface area contributed by atoms with E-state index in [1.807, 2.05) is 12.1 Å². The van der Waals surface area contributed by atoms with Crippen molar-refractivity contribution in [1.29, 1.82) is 0 Å². The topological polar surface area (TPSA) is 38.9 Å². The van der Waals surface area contributed by atoms with Crippen LogP contribution in [0.25, 0.3) is 0 Å². The fourth-order valence-electron chi connectivity index (χ4n) is 0.945. The van der Waals surface area contributed by atoms with Gasteiger partial charge in [0.1, 0.15) is 0 Å². The van der Waals surface area contributed by atoms with Crippen LogP contribution < -0.4 is 5.73 Å². The second-order valence-corrected chi connectivity index (χ2v) is 4.41. The number of aromatic nitrogens is 1. The molecule has 1 heterocycles. The Morgan fingerprint density at radius 1 is 1.50 bits per heavy atom. The average molecular weight is 276 g/mol. The van der Waals surface area contributed by atoms with E-state index in [1.54, 1.807) is 6.20 Å². The molecule has 0 aliphatic heterocycles. The highest BCUT2D eigenvalue weighted by molar-refractivity contribution is 14.1. The highest BCUT2D eigenvalue weighted by atomic mass is 127. The van der Waals surface area contributed by atoms with Crippen LogP contribution in [-0.2, 0) is 0 Å². The summed E-state index contributed by atoms with van der Waals surface area (Å²) in [5, 5.41) is 0. The number of halogens is 1. The Kier molecular flexibility index (Phi) is 3.46. The van der Waals surface area contributed by atoms with Crippen molar-refractivity contribution in [2.45, 2.75) is 19.9 Å². The lowest BCUT2D eigenvalue weighted by Crippen LogP contribution is -2.18. The molecule has 2 nitrogen and oxygen atoms in total. The number of nitrogens with two attached hydrogens (primary N) is 1. The van der Waals surface area contributed by atoms with E-state index in [4.69, 9.17) is 5.73 Å². The van der Waals surface area contributed by atoms with Crippen LogP contribution in [0.5, 0.6) is 0 Å². The predicted octanol–water partition coefficient (Wildman–Crippen LogP) is 2.34. The van der Waals surface area contributed by atoms with E-state index in [2.05, 4.69) is 41.4 Å². The molecule has 1 atom stereocenters. The maximum atomic E-state index is 5.94.